The van der Waals surface area contributed by atoms with Crippen LogP contribution in [0.5, 0.6) is 0 Å². The lowest BCUT2D eigenvalue weighted by molar-refractivity contribution is -0.145. The molecule has 1 aliphatic heterocycles. The molecule has 0 bridgehead atoms. The minimum Gasteiger partial charge on any atom is -0.481 e. The van der Waals surface area contributed by atoms with Crippen molar-refractivity contribution < 1.29 is 19.4 Å². The summed E-state index contributed by atoms with van der Waals surface area (Å²) in [6.07, 6.45) is 0.887. The van der Waals surface area contributed by atoms with Crippen molar-refractivity contribution in [3.8, 4) is 0 Å². The molecule has 116 valence electrons. The number of aliphatic carboxylic acids is 1. The largest absolute Gasteiger partial charge is 0.481 e. The molecule has 0 spiro atoms. The lowest BCUT2D eigenvalue weighted by Crippen LogP contribution is -2.59. The minimum absolute atomic E-state index is 0.00904. The number of rotatable bonds is 7. The van der Waals surface area contributed by atoms with Crippen LogP contribution in [0.3, 0.4) is 0 Å². The van der Waals surface area contributed by atoms with Gasteiger partial charge < -0.3 is 19.6 Å². The zero-order valence-corrected chi connectivity index (χ0v) is 12.8. The van der Waals surface area contributed by atoms with Crippen LogP contribution in [-0.4, -0.2) is 66.3 Å². The number of amides is 2. The minimum atomic E-state index is -0.791. The Bertz CT molecular complexity index is 342. The highest BCUT2D eigenvalue weighted by Gasteiger charge is 2.39. The maximum Gasteiger partial charge on any atom is 0.320 e. The van der Waals surface area contributed by atoms with E-state index in [1.165, 1.54) is 0 Å². The molecule has 0 aromatic rings. The Morgan fingerprint density at radius 3 is 2.45 bits per heavy atom. The molecule has 1 rings (SSSR count). The molecule has 2 atom stereocenters. The topological polar surface area (TPSA) is 70.1 Å². The predicted molar refractivity (Wildman–Crippen MR) is 75.6 cm³/mol. The van der Waals surface area contributed by atoms with Gasteiger partial charge in [0, 0.05) is 38.7 Å². The number of likely N-dealkylation sites (tertiary alicyclic amines) is 1. The summed E-state index contributed by atoms with van der Waals surface area (Å²) < 4.78 is 5.05. The van der Waals surface area contributed by atoms with Crippen LogP contribution in [0.25, 0.3) is 0 Å². The third-order valence-electron chi connectivity index (χ3n) is 4.18. The molecule has 2 unspecified atom stereocenters. The zero-order valence-electron chi connectivity index (χ0n) is 12.8. The number of hydrogen-bond acceptors (Lipinski definition) is 3. The van der Waals surface area contributed by atoms with Gasteiger partial charge in [0.25, 0.3) is 0 Å². The fourth-order valence-electron chi connectivity index (χ4n) is 2.28. The molecule has 0 aliphatic carbocycles. The summed E-state index contributed by atoms with van der Waals surface area (Å²) in [4.78, 5) is 26.9. The normalized spacial score (nSPS) is 18.3. The van der Waals surface area contributed by atoms with E-state index in [9.17, 15) is 9.59 Å². The molecule has 6 nitrogen and oxygen atoms in total. The smallest absolute Gasteiger partial charge is 0.320 e. The highest BCUT2D eigenvalue weighted by atomic mass is 16.5. The van der Waals surface area contributed by atoms with Crippen molar-refractivity contribution in [2.24, 2.45) is 11.8 Å². The van der Waals surface area contributed by atoms with Gasteiger partial charge >= 0.3 is 12.0 Å². The Kier molecular flexibility index (Phi) is 6.26. The number of carboxylic acid groups (broad SMARTS) is 1. The van der Waals surface area contributed by atoms with Crippen molar-refractivity contribution in [1.29, 1.82) is 0 Å². The first-order valence-electron chi connectivity index (χ1n) is 7.19. The summed E-state index contributed by atoms with van der Waals surface area (Å²) in [5.41, 5.74) is 0. The van der Waals surface area contributed by atoms with Gasteiger partial charge in [-0.15, -0.1) is 0 Å². The van der Waals surface area contributed by atoms with Gasteiger partial charge in [-0.05, 0) is 13.3 Å². The quantitative estimate of drug-likeness (QED) is 0.770. The predicted octanol–water partition coefficient (Wildman–Crippen LogP) is 1.51. The van der Waals surface area contributed by atoms with E-state index in [0.29, 0.717) is 26.2 Å². The molecule has 1 saturated heterocycles. The van der Waals surface area contributed by atoms with Gasteiger partial charge in [0.15, 0.2) is 0 Å². The number of nitrogens with zero attached hydrogens (tertiary/aromatic N) is 2. The molecule has 0 aromatic heterocycles. The maximum absolute atomic E-state index is 12.4. The summed E-state index contributed by atoms with van der Waals surface area (Å²) in [6.45, 7) is 7.91. The van der Waals surface area contributed by atoms with E-state index in [4.69, 9.17) is 9.84 Å². The van der Waals surface area contributed by atoms with Gasteiger partial charge in [0.05, 0.1) is 12.5 Å². The summed E-state index contributed by atoms with van der Waals surface area (Å²) in [7, 11) is 1.62. The molecule has 20 heavy (non-hydrogen) atoms. The van der Waals surface area contributed by atoms with Crippen molar-refractivity contribution in [2.75, 3.05) is 33.4 Å². The third kappa shape index (κ3) is 3.85. The van der Waals surface area contributed by atoms with E-state index in [1.807, 2.05) is 18.7 Å². The van der Waals surface area contributed by atoms with Crippen LogP contribution >= 0.6 is 0 Å². The Morgan fingerprint density at radius 1 is 1.40 bits per heavy atom. The van der Waals surface area contributed by atoms with Crippen LogP contribution in [0, 0.1) is 11.8 Å². The maximum atomic E-state index is 12.4. The number of carboxylic acids is 1. The second-order valence-corrected chi connectivity index (χ2v) is 5.52. The molecule has 0 radical (unpaired) electrons. The number of urea groups is 1. The summed E-state index contributed by atoms with van der Waals surface area (Å²) >= 11 is 0. The van der Waals surface area contributed by atoms with Crippen LogP contribution in [0.1, 0.15) is 27.2 Å². The van der Waals surface area contributed by atoms with Gasteiger partial charge in [-0.2, -0.15) is 0 Å². The molecule has 1 N–H and O–H groups in total. The Labute approximate surface area is 120 Å². The Morgan fingerprint density at radius 2 is 2.00 bits per heavy atom. The average molecular weight is 286 g/mol. The van der Waals surface area contributed by atoms with Gasteiger partial charge in [-0.3, -0.25) is 4.79 Å². The number of ether oxygens (including phenoxy) is 1. The first-order chi connectivity index (χ1) is 9.42. The molecule has 0 saturated carbocycles. The fourth-order valence-corrected chi connectivity index (χ4v) is 2.28. The molecule has 6 heteroatoms. The van der Waals surface area contributed by atoms with E-state index in [2.05, 4.69) is 0 Å². The standard InChI is InChI=1S/C14H26N2O4/c1-5-10(2)16(6-7-20-4)14(19)15-8-12(9-15)11(3)13(17)18/h10-12H,5-9H2,1-4H3,(H,17,18). The third-order valence-corrected chi connectivity index (χ3v) is 4.18. The van der Waals surface area contributed by atoms with Crippen molar-refractivity contribution in [1.82, 2.24) is 9.80 Å². The molecule has 1 aliphatic rings. The molecule has 0 aromatic carbocycles. The summed E-state index contributed by atoms with van der Waals surface area (Å²) in [5, 5.41) is 8.96. The summed E-state index contributed by atoms with van der Waals surface area (Å²) in [6, 6.07) is 0.152. The molecule has 1 fully saturated rings. The number of carbonyl (C=O) groups is 2. The van der Waals surface area contributed by atoms with Gasteiger partial charge in [-0.25, -0.2) is 4.79 Å². The van der Waals surface area contributed by atoms with Crippen LogP contribution in [0.15, 0.2) is 0 Å². The lowest BCUT2D eigenvalue weighted by Gasteiger charge is -2.44. The van der Waals surface area contributed by atoms with Crippen molar-refractivity contribution in [2.45, 2.75) is 33.2 Å². The number of carbonyl (C=O) groups excluding carboxylic acids is 1. The second-order valence-electron chi connectivity index (χ2n) is 5.52. The van der Waals surface area contributed by atoms with Crippen molar-refractivity contribution >= 4 is 12.0 Å². The Balaban J connectivity index is 2.53. The van der Waals surface area contributed by atoms with Gasteiger partial charge in [0.1, 0.15) is 0 Å². The second kappa shape index (κ2) is 7.47. The molecular formula is C14H26N2O4. The van der Waals surface area contributed by atoms with E-state index in [-0.39, 0.29) is 18.0 Å². The number of hydrogen-bond donors (Lipinski definition) is 1. The first-order valence-corrected chi connectivity index (χ1v) is 7.19. The van der Waals surface area contributed by atoms with Gasteiger partial charge in [-0.1, -0.05) is 13.8 Å². The van der Waals surface area contributed by atoms with Crippen molar-refractivity contribution in [3.05, 3.63) is 0 Å². The zero-order chi connectivity index (χ0) is 15.3. The van der Waals surface area contributed by atoms with Crippen molar-refractivity contribution in [3.63, 3.8) is 0 Å². The fraction of sp³-hybridized carbons (Fsp3) is 0.857. The monoisotopic (exact) mass is 286 g/mol. The van der Waals surface area contributed by atoms with Crippen LogP contribution in [0.2, 0.25) is 0 Å². The van der Waals surface area contributed by atoms with Crippen LogP contribution < -0.4 is 0 Å². The molecule has 1 heterocycles. The van der Waals surface area contributed by atoms with Gasteiger partial charge in [0.2, 0.25) is 0 Å². The van der Waals surface area contributed by atoms with E-state index in [0.717, 1.165) is 6.42 Å². The number of methoxy groups -OCH3 is 1. The van der Waals surface area contributed by atoms with E-state index in [1.54, 1.807) is 18.9 Å². The van der Waals surface area contributed by atoms with Crippen LogP contribution in [-0.2, 0) is 9.53 Å². The SMILES string of the molecule is CCC(C)N(CCOC)C(=O)N1CC(C(C)C(=O)O)C1. The lowest BCUT2D eigenvalue weighted by atomic mass is 9.87. The highest BCUT2D eigenvalue weighted by molar-refractivity contribution is 5.76. The molecule has 2 amide bonds. The Hall–Kier alpha value is -1.30. The van der Waals surface area contributed by atoms with Crippen LogP contribution in [0.4, 0.5) is 4.79 Å². The first kappa shape index (κ1) is 16.8. The van der Waals surface area contributed by atoms with E-state index >= 15 is 0 Å². The summed E-state index contributed by atoms with van der Waals surface area (Å²) in [5.74, 6) is -1.12. The average Bonchev–Trinajstić information content (AvgIpc) is 2.36. The highest BCUT2D eigenvalue weighted by Crippen LogP contribution is 2.25. The van der Waals surface area contributed by atoms with E-state index < -0.39 is 11.9 Å². The molecular weight excluding hydrogens is 260 g/mol.